The standard InChI is InChI=1S/C25H30N2O4/c1-13-7-16-17(8-14(13)2)27-23(15-9-20(30-5)24(29)21(10-15)31-6)22-18(26-16)11-25(3,4)12-19(22)28/h7-10,23,26-27,29H,11-12H2,1-6H3. The quantitative estimate of drug-likeness (QED) is 0.627. The lowest BCUT2D eigenvalue weighted by molar-refractivity contribution is -0.118. The van der Waals surface area contributed by atoms with Gasteiger partial charge in [-0.3, -0.25) is 4.79 Å². The third-order valence-electron chi connectivity index (χ3n) is 6.26. The van der Waals surface area contributed by atoms with Crippen LogP contribution in [0.1, 0.15) is 49.4 Å². The molecule has 31 heavy (non-hydrogen) atoms. The second kappa shape index (κ2) is 7.52. The van der Waals surface area contributed by atoms with Crippen LogP contribution in [0.3, 0.4) is 0 Å². The number of benzene rings is 2. The van der Waals surface area contributed by atoms with Gasteiger partial charge in [0.15, 0.2) is 17.3 Å². The number of hydrogen-bond donors (Lipinski definition) is 3. The Bertz CT molecular complexity index is 1080. The maximum atomic E-state index is 13.4. The SMILES string of the molecule is COc1cc(C2Nc3cc(C)c(C)cc3NC3=C2C(=O)CC(C)(C)C3)cc(OC)c1O. The average molecular weight is 423 g/mol. The van der Waals surface area contributed by atoms with Crippen LogP contribution < -0.4 is 20.1 Å². The van der Waals surface area contributed by atoms with E-state index in [9.17, 15) is 9.90 Å². The van der Waals surface area contributed by atoms with E-state index in [4.69, 9.17) is 9.47 Å². The normalized spacial score (nSPS) is 19.5. The molecule has 6 heteroatoms. The summed E-state index contributed by atoms with van der Waals surface area (Å²) in [4.78, 5) is 13.4. The minimum Gasteiger partial charge on any atom is -0.502 e. The van der Waals surface area contributed by atoms with Crippen LogP contribution in [0.25, 0.3) is 0 Å². The van der Waals surface area contributed by atoms with Gasteiger partial charge in [0.1, 0.15) is 0 Å². The van der Waals surface area contributed by atoms with E-state index >= 15 is 0 Å². The van der Waals surface area contributed by atoms with E-state index in [1.54, 1.807) is 12.1 Å². The van der Waals surface area contributed by atoms with Crippen molar-refractivity contribution in [3.63, 3.8) is 0 Å². The number of methoxy groups -OCH3 is 2. The number of carbonyl (C=O) groups is 1. The summed E-state index contributed by atoms with van der Waals surface area (Å²) >= 11 is 0. The van der Waals surface area contributed by atoms with Crippen molar-refractivity contribution in [2.75, 3.05) is 24.9 Å². The molecule has 2 aromatic rings. The minimum absolute atomic E-state index is 0.0577. The van der Waals surface area contributed by atoms with Crippen LogP contribution in [0.5, 0.6) is 17.2 Å². The average Bonchev–Trinajstić information content (AvgIpc) is 2.84. The molecule has 1 aliphatic carbocycles. The van der Waals surface area contributed by atoms with Crippen molar-refractivity contribution >= 4 is 17.2 Å². The number of ether oxygens (including phenoxy) is 2. The van der Waals surface area contributed by atoms with E-state index in [1.165, 1.54) is 25.3 Å². The summed E-state index contributed by atoms with van der Waals surface area (Å²) in [6.45, 7) is 8.40. The Labute approximate surface area is 183 Å². The predicted molar refractivity (Wildman–Crippen MR) is 122 cm³/mol. The zero-order valence-electron chi connectivity index (χ0n) is 19.0. The summed E-state index contributed by atoms with van der Waals surface area (Å²) in [5.74, 6) is 0.667. The first-order valence-corrected chi connectivity index (χ1v) is 10.5. The van der Waals surface area contributed by atoms with E-state index in [1.807, 2.05) is 0 Å². The summed E-state index contributed by atoms with van der Waals surface area (Å²) in [7, 11) is 3.00. The Morgan fingerprint density at radius 1 is 0.968 bits per heavy atom. The molecule has 0 radical (unpaired) electrons. The van der Waals surface area contributed by atoms with Gasteiger partial charge in [-0.2, -0.15) is 0 Å². The molecular formula is C25H30N2O4. The lowest BCUT2D eigenvalue weighted by Gasteiger charge is -2.34. The van der Waals surface area contributed by atoms with Crippen molar-refractivity contribution in [2.45, 2.75) is 46.6 Å². The number of carbonyl (C=O) groups excluding carboxylic acids is 1. The van der Waals surface area contributed by atoms with Crippen molar-refractivity contribution in [3.8, 4) is 17.2 Å². The highest BCUT2D eigenvalue weighted by molar-refractivity contribution is 6.01. The lowest BCUT2D eigenvalue weighted by atomic mass is 9.73. The fourth-order valence-electron chi connectivity index (χ4n) is 4.54. The van der Waals surface area contributed by atoms with Gasteiger partial charge in [-0.1, -0.05) is 13.8 Å². The fraction of sp³-hybridized carbons (Fsp3) is 0.400. The van der Waals surface area contributed by atoms with Crippen LogP contribution in [-0.2, 0) is 4.79 Å². The zero-order valence-corrected chi connectivity index (χ0v) is 19.0. The summed E-state index contributed by atoms with van der Waals surface area (Å²) in [6, 6.07) is 7.35. The van der Waals surface area contributed by atoms with Crippen molar-refractivity contribution in [1.82, 2.24) is 0 Å². The number of anilines is 2. The smallest absolute Gasteiger partial charge is 0.200 e. The highest BCUT2D eigenvalue weighted by Gasteiger charge is 2.39. The molecule has 0 amide bonds. The molecule has 3 N–H and O–H groups in total. The second-order valence-corrected chi connectivity index (χ2v) is 9.29. The number of nitrogens with one attached hydrogen (secondary N) is 2. The van der Waals surface area contributed by atoms with E-state index in [0.717, 1.165) is 34.6 Å². The largest absolute Gasteiger partial charge is 0.502 e. The molecule has 1 atom stereocenters. The van der Waals surface area contributed by atoms with E-state index < -0.39 is 6.04 Å². The molecule has 1 heterocycles. The molecule has 0 bridgehead atoms. The number of hydrogen-bond acceptors (Lipinski definition) is 6. The monoisotopic (exact) mass is 422 g/mol. The third-order valence-corrected chi connectivity index (χ3v) is 6.26. The predicted octanol–water partition coefficient (Wildman–Crippen LogP) is 5.25. The topological polar surface area (TPSA) is 79.8 Å². The molecule has 0 saturated heterocycles. The number of Topliss-reactive ketones (excluding diaryl/α,β-unsaturated/α-hetero) is 1. The fourth-order valence-corrected chi connectivity index (χ4v) is 4.54. The number of fused-ring (bicyclic) bond motifs is 1. The molecule has 1 aliphatic heterocycles. The molecule has 164 valence electrons. The lowest BCUT2D eigenvalue weighted by Crippen LogP contribution is -2.31. The van der Waals surface area contributed by atoms with Gasteiger partial charge in [-0.25, -0.2) is 0 Å². The number of phenolic OH excluding ortho intramolecular Hbond substituents is 1. The van der Waals surface area contributed by atoms with Gasteiger partial charge in [0.05, 0.1) is 31.6 Å². The van der Waals surface area contributed by atoms with Crippen molar-refractivity contribution < 1.29 is 19.4 Å². The second-order valence-electron chi connectivity index (χ2n) is 9.29. The van der Waals surface area contributed by atoms with E-state index in [2.05, 4.69) is 50.5 Å². The molecule has 0 spiro atoms. The number of rotatable bonds is 3. The van der Waals surface area contributed by atoms with Crippen LogP contribution >= 0.6 is 0 Å². The van der Waals surface area contributed by atoms with Crippen LogP contribution in [0.2, 0.25) is 0 Å². The Balaban J connectivity index is 1.94. The van der Waals surface area contributed by atoms with Crippen LogP contribution in [0.15, 0.2) is 35.5 Å². The zero-order chi connectivity index (χ0) is 22.5. The number of aromatic hydroxyl groups is 1. The van der Waals surface area contributed by atoms with Gasteiger partial charge < -0.3 is 25.2 Å². The molecule has 0 saturated carbocycles. The molecule has 0 fully saturated rings. The summed E-state index contributed by atoms with van der Waals surface area (Å²) in [5.41, 5.74) is 6.57. The minimum atomic E-state index is -0.405. The van der Waals surface area contributed by atoms with E-state index in [-0.39, 0.29) is 16.9 Å². The number of phenols is 1. The Morgan fingerprint density at radius 2 is 1.55 bits per heavy atom. The molecule has 4 rings (SSSR count). The Hall–Kier alpha value is -3.15. The molecule has 1 unspecified atom stereocenters. The Morgan fingerprint density at radius 3 is 2.13 bits per heavy atom. The van der Waals surface area contributed by atoms with Gasteiger partial charge >= 0.3 is 0 Å². The Kier molecular flexibility index (Phi) is 5.12. The van der Waals surface area contributed by atoms with Crippen LogP contribution in [0, 0.1) is 19.3 Å². The first kappa shape index (κ1) is 21.1. The van der Waals surface area contributed by atoms with Gasteiger partial charge in [0, 0.05) is 17.7 Å². The maximum Gasteiger partial charge on any atom is 0.200 e. The highest BCUT2D eigenvalue weighted by atomic mass is 16.5. The van der Waals surface area contributed by atoms with Crippen molar-refractivity contribution in [3.05, 3.63) is 52.2 Å². The maximum absolute atomic E-state index is 13.4. The number of aryl methyl sites for hydroxylation is 2. The highest BCUT2D eigenvalue weighted by Crippen LogP contribution is 2.48. The van der Waals surface area contributed by atoms with Gasteiger partial charge in [0.2, 0.25) is 5.75 Å². The summed E-state index contributed by atoms with van der Waals surface area (Å²) in [6.07, 6.45) is 1.25. The van der Waals surface area contributed by atoms with Crippen LogP contribution in [0.4, 0.5) is 11.4 Å². The molecule has 2 aliphatic rings. The molecule has 2 aromatic carbocycles. The van der Waals surface area contributed by atoms with Crippen LogP contribution in [-0.4, -0.2) is 25.1 Å². The first-order chi connectivity index (χ1) is 14.6. The number of ketones is 1. The molecule has 0 aromatic heterocycles. The van der Waals surface area contributed by atoms with Crippen molar-refractivity contribution in [1.29, 1.82) is 0 Å². The van der Waals surface area contributed by atoms with E-state index in [0.29, 0.717) is 17.9 Å². The molecular weight excluding hydrogens is 392 g/mol. The molecule has 6 nitrogen and oxygen atoms in total. The van der Waals surface area contributed by atoms with Gasteiger partial charge in [0.25, 0.3) is 0 Å². The third kappa shape index (κ3) is 3.71. The van der Waals surface area contributed by atoms with Gasteiger partial charge in [-0.05, 0) is 66.6 Å². The van der Waals surface area contributed by atoms with Crippen molar-refractivity contribution in [2.24, 2.45) is 5.41 Å². The summed E-state index contributed by atoms with van der Waals surface area (Å²) < 4.78 is 10.8. The van der Waals surface area contributed by atoms with Gasteiger partial charge in [-0.15, -0.1) is 0 Å². The summed E-state index contributed by atoms with van der Waals surface area (Å²) in [5, 5.41) is 17.5. The number of allylic oxidation sites excluding steroid dienone is 1. The first-order valence-electron chi connectivity index (χ1n) is 10.5.